The highest BCUT2D eigenvalue weighted by atomic mass is 32.2. The first-order chi connectivity index (χ1) is 11.8. The van der Waals surface area contributed by atoms with Gasteiger partial charge in [0.1, 0.15) is 11.6 Å². The van der Waals surface area contributed by atoms with E-state index >= 15 is 0 Å². The van der Waals surface area contributed by atoms with Gasteiger partial charge in [0.2, 0.25) is 15.9 Å². The third kappa shape index (κ3) is 4.05. The number of hydrogen-bond acceptors (Lipinski definition) is 5. The fraction of sp³-hybridized carbons (Fsp3) is 0.438. The third-order valence-corrected chi connectivity index (χ3v) is 5.68. The van der Waals surface area contributed by atoms with Crippen LogP contribution in [-0.2, 0) is 14.8 Å². The van der Waals surface area contributed by atoms with E-state index in [9.17, 15) is 13.2 Å². The number of carbonyl (C=O) groups is 1. The molecule has 1 saturated heterocycles. The Balaban J connectivity index is 1.60. The molecule has 0 bridgehead atoms. The molecule has 25 heavy (non-hydrogen) atoms. The fourth-order valence-electron chi connectivity index (χ4n) is 2.92. The topological polar surface area (TPSA) is 97.2 Å². The van der Waals surface area contributed by atoms with Gasteiger partial charge in [-0.1, -0.05) is 0 Å². The molecule has 0 atom stereocenters. The molecule has 134 valence electrons. The Morgan fingerprint density at radius 2 is 1.96 bits per heavy atom. The van der Waals surface area contributed by atoms with E-state index in [4.69, 9.17) is 0 Å². The molecule has 0 unspecified atom stereocenters. The van der Waals surface area contributed by atoms with Gasteiger partial charge < -0.3 is 5.32 Å². The minimum Gasteiger partial charge on any atom is -0.324 e. The van der Waals surface area contributed by atoms with Gasteiger partial charge in [-0.2, -0.15) is 0 Å². The Bertz CT molecular complexity index is 852. The summed E-state index contributed by atoms with van der Waals surface area (Å²) in [5.74, 6) is 1.28. The molecule has 1 aliphatic rings. The summed E-state index contributed by atoms with van der Waals surface area (Å²) in [5.41, 5.74) is 0.622. The SMILES string of the molecule is Cc1nccn1-c1ccc(NC(=O)C2CCN(S(C)(=O)=O)CC2)cn1. The van der Waals surface area contributed by atoms with Crippen molar-refractivity contribution in [3.63, 3.8) is 0 Å². The molecule has 3 heterocycles. The molecule has 0 saturated carbocycles. The molecule has 1 amide bonds. The van der Waals surface area contributed by atoms with Gasteiger partial charge in [0, 0.05) is 31.4 Å². The summed E-state index contributed by atoms with van der Waals surface area (Å²) in [6, 6.07) is 3.61. The molecule has 1 N–H and O–H groups in total. The Morgan fingerprint density at radius 3 is 2.48 bits per heavy atom. The normalized spacial score (nSPS) is 16.7. The maximum atomic E-state index is 12.4. The molecule has 1 fully saturated rings. The number of sulfonamides is 1. The molecule has 0 spiro atoms. The van der Waals surface area contributed by atoms with Gasteiger partial charge in [0.15, 0.2) is 0 Å². The van der Waals surface area contributed by atoms with Crippen molar-refractivity contribution in [2.45, 2.75) is 19.8 Å². The lowest BCUT2D eigenvalue weighted by molar-refractivity contribution is -0.120. The van der Waals surface area contributed by atoms with Crippen molar-refractivity contribution in [3.05, 3.63) is 36.5 Å². The number of piperidine rings is 1. The summed E-state index contributed by atoms with van der Waals surface area (Å²) >= 11 is 0. The first-order valence-electron chi connectivity index (χ1n) is 8.07. The highest BCUT2D eigenvalue weighted by molar-refractivity contribution is 7.88. The van der Waals surface area contributed by atoms with Crippen LogP contribution in [0.1, 0.15) is 18.7 Å². The third-order valence-electron chi connectivity index (χ3n) is 4.38. The number of imidazole rings is 1. The van der Waals surface area contributed by atoms with Crippen LogP contribution in [0.15, 0.2) is 30.7 Å². The Labute approximate surface area is 146 Å². The number of aryl methyl sites for hydroxylation is 1. The van der Waals surface area contributed by atoms with Crippen molar-refractivity contribution in [1.29, 1.82) is 0 Å². The van der Waals surface area contributed by atoms with Crippen LogP contribution >= 0.6 is 0 Å². The van der Waals surface area contributed by atoms with Crippen LogP contribution in [0.3, 0.4) is 0 Å². The second-order valence-electron chi connectivity index (χ2n) is 6.18. The number of anilines is 1. The number of hydrogen-bond donors (Lipinski definition) is 1. The lowest BCUT2D eigenvalue weighted by Gasteiger charge is -2.29. The largest absolute Gasteiger partial charge is 0.324 e. The smallest absolute Gasteiger partial charge is 0.227 e. The summed E-state index contributed by atoms with van der Waals surface area (Å²) in [4.78, 5) is 20.9. The second kappa shape index (κ2) is 6.93. The molecule has 0 aliphatic carbocycles. The quantitative estimate of drug-likeness (QED) is 0.880. The Morgan fingerprint density at radius 1 is 1.24 bits per heavy atom. The predicted octanol–water partition coefficient (Wildman–Crippen LogP) is 1.19. The Hall–Kier alpha value is -2.26. The highest BCUT2D eigenvalue weighted by Crippen LogP contribution is 2.21. The van der Waals surface area contributed by atoms with Gasteiger partial charge in [0.05, 0.1) is 18.1 Å². The summed E-state index contributed by atoms with van der Waals surface area (Å²) in [7, 11) is -3.18. The van der Waals surface area contributed by atoms with Crippen molar-refractivity contribution < 1.29 is 13.2 Å². The summed E-state index contributed by atoms with van der Waals surface area (Å²) in [6.45, 7) is 2.66. The van der Waals surface area contributed by atoms with Gasteiger partial charge >= 0.3 is 0 Å². The van der Waals surface area contributed by atoms with Crippen LogP contribution in [0.2, 0.25) is 0 Å². The zero-order valence-electron chi connectivity index (χ0n) is 14.2. The molecule has 0 radical (unpaired) electrons. The van der Waals surface area contributed by atoms with E-state index in [0.29, 0.717) is 31.6 Å². The van der Waals surface area contributed by atoms with E-state index in [0.717, 1.165) is 11.6 Å². The van der Waals surface area contributed by atoms with E-state index in [1.54, 1.807) is 18.5 Å². The van der Waals surface area contributed by atoms with Crippen molar-refractivity contribution in [1.82, 2.24) is 18.8 Å². The Kier molecular flexibility index (Phi) is 4.87. The molecule has 2 aromatic heterocycles. The number of pyridine rings is 1. The average molecular weight is 363 g/mol. The van der Waals surface area contributed by atoms with Crippen LogP contribution in [-0.4, -0.2) is 52.5 Å². The van der Waals surface area contributed by atoms with Crippen molar-refractivity contribution in [3.8, 4) is 5.82 Å². The van der Waals surface area contributed by atoms with E-state index in [2.05, 4.69) is 15.3 Å². The zero-order chi connectivity index (χ0) is 18.0. The van der Waals surface area contributed by atoms with E-state index in [1.807, 2.05) is 23.8 Å². The first-order valence-corrected chi connectivity index (χ1v) is 9.92. The fourth-order valence-corrected chi connectivity index (χ4v) is 3.79. The highest BCUT2D eigenvalue weighted by Gasteiger charge is 2.28. The molecule has 1 aliphatic heterocycles. The maximum Gasteiger partial charge on any atom is 0.227 e. The standard InChI is InChI=1S/C16H21N5O3S/c1-12-17-7-10-21(12)15-4-3-14(11-18-15)19-16(22)13-5-8-20(9-6-13)25(2,23)24/h3-4,7,10-11,13H,5-6,8-9H2,1-2H3,(H,19,22). The molecular weight excluding hydrogens is 342 g/mol. The molecule has 9 heteroatoms. The van der Waals surface area contributed by atoms with E-state index < -0.39 is 10.0 Å². The molecular formula is C16H21N5O3S. The van der Waals surface area contributed by atoms with Crippen LogP contribution < -0.4 is 5.32 Å². The van der Waals surface area contributed by atoms with Gasteiger partial charge in [0.25, 0.3) is 0 Å². The minimum atomic E-state index is -3.18. The first kappa shape index (κ1) is 17.6. The lowest BCUT2D eigenvalue weighted by Crippen LogP contribution is -2.40. The van der Waals surface area contributed by atoms with Gasteiger partial charge in [-0.3, -0.25) is 9.36 Å². The lowest BCUT2D eigenvalue weighted by atomic mass is 9.97. The van der Waals surface area contributed by atoms with Crippen LogP contribution in [0.5, 0.6) is 0 Å². The number of aromatic nitrogens is 3. The van der Waals surface area contributed by atoms with Crippen molar-refractivity contribution >= 4 is 21.6 Å². The zero-order valence-corrected chi connectivity index (χ0v) is 15.0. The predicted molar refractivity (Wildman–Crippen MR) is 93.9 cm³/mol. The summed E-state index contributed by atoms with van der Waals surface area (Å²) in [5, 5.41) is 2.86. The number of rotatable bonds is 4. The minimum absolute atomic E-state index is 0.0958. The molecule has 3 rings (SSSR count). The number of nitrogens with zero attached hydrogens (tertiary/aromatic N) is 4. The molecule has 8 nitrogen and oxygen atoms in total. The van der Waals surface area contributed by atoms with Crippen LogP contribution in [0.25, 0.3) is 5.82 Å². The van der Waals surface area contributed by atoms with Gasteiger partial charge in [-0.05, 0) is 31.9 Å². The second-order valence-corrected chi connectivity index (χ2v) is 8.16. The summed E-state index contributed by atoms with van der Waals surface area (Å²) in [6.07, 6.45) is 7.39. The van der Waals surface area contributed by atoms with E-state index in [1.165, 1.54) is 10.6 Å². The van der Waals surface area contributed by atoms with Crippen molar-refractivity contribution in [2.75, 3.05) is 24.7 Å². The van der Waals surface area contributed by atoms with Crippen molar-refractivity contribution in [2.24, 2.45) is 5.92 Å². The number of carbonyl (C=O) groups excluding carboxylic acids is 1. The molecule has 2 aromatic rings. The maximum absolute atomic E-state index is 12.4. The van der Waals surface area contributed by atoms with Gasteiger partial charge in [-0.25, -0.2) is 22.7 Å². The summed E-state index contributed by atoms with van der Waals surface area (Å²) < 4.78 is 26.3. The van der Waals surface area contributed by atoms with E-state index in [-0.39, 0.29) is 11.8 Å². The molecule has 0 aromatic carbocycles. The average Bonchev–Trinajstić information content (AvgIpc) is 3.01. The number of nitrogens with one attached hydrogen (secondary N) is 1. The monoisotopic (exact) mass is 363 g/mol. The van der Waals surface area contributed by atoms with Crippen LogP contribution in [0.4, 0.5) is 5.69 Å². The van der Waals surface area contributed by atoms with Crippen LogP contribution in [0, 0.1) is 12.8 Å². The van der Waals surface area contributed by atoms with Gasteiger partial charge in [-0.15, -0.1) is 0 Å². The number of amides is 1.